The van der Waals surface area contributed by atoms with Crippen LogP contribution in [0.1, 0.15) is 36.0 Å². The van der Waals surface area contributed by atoms with E-state index in [1.54, 1.807) is 6.07 Å². The first-order valence-corrected chi connectivity index (χ1v) is 7.02. The predicted molar refractivity (Wildman–Crippen MR) is 74.7 cm³/mol. The zero-order valence-corrected chi connectivity index (χ0v) is 12.1. The van der Waals surface area contributed by atoms with Gasteiger partial charge in [-0.05, 0) is 33.2 Å². The number of carbonyl (C=O) groups is 1. The van der Waals surface area contributed by atoms with Gasteiger partial charge in [-0.1, -0.05) is 10.3 Å². The topological polar surface area (TPSA) is 84.4 Å². The number of hydrogen-bond acceptors (Lipinski definition) is 6. The summed E-state index contributed by atoms with van der Waals surface area (Å²) < 4.78 is 10.1. The summed E-state index contributed by atoms with van der Waals surface area (Å²) >= 11 is 0. The molecule has 112 valence electrons. The van der Waals surface area contributed by atoms with Crippen molar-refractivity contribution in [2.24, 2.45) is 0 Å². The van der Waals surface area contributed by atoms with Crippen LogP contribution >= 0.6 is 0 Å². The highest BCUT2D eigenvalue weighted by molar-refractivity contribution is 5.91. The van der Waals surface area contributed by atoms with Gasteiger partial charge in [0.15, 0.2) is 0 Å². The fraction of sp³-hybridized carbons (Fsp3) is 0.500. The van der Waals surface area contributed by atoms with Crippen molar-refractivity contribution in [1.29, 1.82) is 0 Å². The van der Waals surface area contributed by atoms with E-state index in [1.807, 2.05) is 19.9 Å². The van der Waals surface area contributed by atoms with E-state index in [1.165, 1.54) is 0 Å². The highest BCUT2D eigenvalue weighted by Crippen LogP contribution is 2.31. The summed E-state index contributed by atoms with van der Waals surface area (Å²) in [6.45, 7) is 4.85. The molecular weight excluding hydrogens is 272 g/mol. The van der Waals surface area contributed by atoms with E-state index in [-0.39, 0.29) is 11.9 Å². The minimum absolute atomic E-state index is 0.113. The zero-order valence-electron chi connectivity index (χ0n) is 12.1. The summed E-state index contributed by atoms with van der Waals surface area (Å²) in [5.41, 5.74) is 1.63. The second-order valence-electron chi connectivity index (χ2n) is 5.37. The summed E-state index contributed by atoms with van der Waals surface area (Å²) in [6.07, 6.45) is 2.03. The van der Waals surface area contributed by atoms with Crippen LogP contribution < -0.4 is 5.32 Å². The molecule has 1 fully saturated rings. The molecule has 1 unspecified atom stereocenters. The van der Waals surface area contributed by atoms with Crippen molar-refractivity contribution < 1.29 is 13.8 Å². The second-order valence-corrected chi connectivity index (χ2v) is 5.37. The van der Waals surface area contributed by atoms with Crippen molar-refractivity contribution in [3.63, 3.8) is 0 Å². The summed E-state index contributed by atoms with van der Waals surface area (Å²) in [5, 5.41) is 10.5. The number of likely N-dealkylation sites (tertiary alicyclic amines) is 1. The van der Waals surface area contributed by atoms with Crippen molar-refractivity contribution in [2.75, 3.05) is 18.4 Å². The SMILES string of the molecule is Cc1cc(NC(=O)CN2CCCC2c2cc(C)on2)on1. The lowest BCUT2D eigenvalue weighted by Crippen LogP contribution is -2.33. The molecule has 7 nitrogen and oxygen atoms in total. The Kier molecular flexibility index (Phi) is 3.74. The minimum Gasteiger partial charge on any atom is -0.361 e. The van der Waals surface area contributed by atoms with Crippen molar-refractivity contribution in [3.8, 4) is 0 Å². The number of nitrogens with one attached hydrogen (secondary N) is 1. The van der Waals surface area contributed by atoms with Crippen LogP contribution in [0.25, 0.3) is 0 Å². The molecule has 1 amide bonds. The molecule has 1 N–H and O–H groups in total. The first-order valence-electron chi connectivity index (χ1n) is 7.02. The van der Waals surface area contributed by atoms with Crippen molar-refractivity contribution in [3.05, 3.63) is 29.3 Å². The Bertz CT molecular complexity index is 634. The van der Waals surface area contributed by atoms with Gasteiger partial charge in [0.2, 0.25) is 11.8 Å². The van der Waals surface area contributed by atoms with E-state index in [2.05, 4.69) is 20.5 Å². The second kappa shape index (κ2) is 5.69. The maximum Gasteiger partial charge on any atom is 0.240 e. The van der Waals surface area contributed by atoms with Crippen molar-refractivity contribution in [2.45, 2.75) is 32.7 Å². The average Bonchev–Trinajstić information content (AvgIpc) is 3.12. The van der Waals surface area contributed by atoms with Gasteiger partial charge in [-0.2, -0.15) is 0 Å². The standard InChI is InChI=1S/C14H18N4O3/c1-9-6-14(21-16-9)15-13(19)8-18-5-3-4-12(18)11-7-10(2)20-17-11/h6-7,12H,3-5,8H2,1-2H3,(H,15,19). The van der Waals surface area contributed by atoms with Crippen LogP contribution in [-0.2, 0) is 4.79 Å². The van der Waals surface area contributed by atoms with E-state index in [0.29, 0.717) is 12.4 Å². The maximum absolute atomic E-state index is 12.1. The molecule has 21 heavy (non-hydrogen) atoms. The van der Waals surface area contributed by atoms with Gasteiger partial charge in [0, 0.05) is 12.1 Å². The molecule has 0 radical (unpaired) electrons. The monoisotopic (exact) mass is 290 g/mol. The third-order valence-electron chi connectivity index (χ3n) is 3.59. The Labute approximate surface area is 122 Å². The van der Waals surface area contributed by atoms with Crippen LogP contribution in [0.2, 0.25) is 0 Å². The van der Waals surface area contributed by atoms with Crippen LogP contribution in [-0.4, -0.2) is 34.2 Å². The van der Waals surface area contributed by atoms with E-state index in [4.69, 9.17) is 9.05 Å². The van der Waals surface area contributed by atoms with Crippen molar-refractivity contribution in [1.82, 2.24) is 15.2 Å². The Hall–Kier alpha value is -2.15. The Balaban J connectivity index is 1.62. The smallest absolute Gasteiger partial charge is 0.240 e. The lowest BCUT2D eigenvalue weighted by molar-refractivity contribution is -0.117. The Morgan fingerprint density at radius 2 is 2.24 bits per heavy atom. The number of carbonyl (C=O) groups excluding carboxylic acids is 1. The van der Waals surface area contributed by atoms with Gasteiger partial charge in [-0.3, -0.25) is 15.0 Å². The summed E-state index contributed by atoms with van der Waals surface area (Å²) in [5.74, 6) is 1.06. The molecule has 3 heterocycles. The summed E-state index contributed by atoms with van der Waals surface area (Å²) in [4.78, 5) is 14.2. The molecule has 1 aliphatic heterocycles. The number of rotatable bonds is 4. The lowest BCUT2D eigenvalue weighted by Gasteiger charge is -2.21. The number of nitrogens with zero attached hydrogens (tertiary/aromatic N) is 3. The molecular formula is C14H18N4O3. The summed E-state index contributed by atoms with van der Waals surface area (Å²) in [7, 11) is 0. The van der Waals surface area contributed by atoms with Gasteiger partial charge < -0.3 is 9.05 Å². The fourth-order valence-corrected chi connectivity index (χ4v) is 2.68. The minimum atomic E-state index is -0.113. The van der Waals surface area contributed by atoms with E-state index < -0.39 is 0 Å². The number of hydrogen-bond donors (Lipinski definition) is 1. The highest BCUT2D eigenvalue weighted by atomic mass is 16.5. The highest BCUT2D eigenvalue weighted by Gasteiger charge is 2.29. The molecule has 7 heteroatoms. The number of anilines is 1. The van der Waals surface area contributed by atoms with Gasteiger partial charge in [-0.25, -0.2) is 0 Å². The molecule has 3 rings (SSSR count). The molecule has 0 spiro atoms. The number of aryl methyl sites for hydroxylation is 2. The van der Waals surface area contributed by atoms with Crippen LogP contribution in [0.3, 0.4) is 0 Å². The van der Waals surface area contributed by atoms with E-state index in [9.17, 15) is 4.79 Å². The van der Waals surface area contributed by atoms with Crippen LogP contribution in [0, 0.1) is 13.8 Å². The van der Waals surface area contributed by atoms with Crippen molar-refractivity contribution >= 4 is 11.8 Å². The summed E-state index contributed by atoms with van der Waals surface area (Å²) in [6, 6.07) is 3.77. The average molecular weight is 290 g/mol. The molecule has 1 saturated heterocycles. The lowest BCUT2D eigenvalue weighted by atomic mass is 10.1. The third kappa shape index (κ3) is 3.13. The molecule has 0 bridgehead atoms. The molecule has 0 aliphatic carbocycles. The van der Waals surface area contributed by atoms with Gasteiger partial charge >= 0.3 is 0 Å². The maximum atomic E-state index is 12.1. The first-order chi connectivity index (χ1) is 10.1. The normalized spacial score (nSPS) is 19.0. The quantitative estimate of drug-likeness (QED) is 0.927. The molecule has 2 aromatic rings. The fourth-order valence-electron chi connectivity index (χ4n) is 2.68. The Morgan fingerprint density at radius 1 is 1.38 bits per heavy atom. The first kappa shape index (κ1) is 13.8. The van der Waals surface area contributed by atoms with Gasteiger partial charge in [-0.15, -0.1) is 0 Å². The van der Waals surface area contributed by atoms with Gasteiger partial charge in [0.1, 0.15) is 11.5 Å². The largest absolute Gasteiger partial charge is 0.361 e. The molecule has 0 aromatic carbocycles. The number of amides is 1. The van der Waals surface area contributed by atoms with Gasteiger partial charge in [0.25, 0.3) is 0 Å². The van der Waals surface area contributed by atoms with E-state index >= 15 is 0 Å². The van der Waals surface area contributed by atoms with E-state index in [0.717, 1.165) is 36.5 Å². The van der Waals surface area contributed by atoms with Crippen LogP contribution in [0.4, 0.5) is 5.88 Å². The zero-order chi connectivity index (χ0) is 14.8. The molecule has 2 aromatic heterocycles. The van der Waals surface area contributed by atoms with Crippen LogP contribution in [0.5, 0.6) is 0 Å². The molecule has 0 saturated carbocycles. The number of aromatic nitrogens is 2. The van der Waals surface area contributed by atoms with Gasteiger partial charge in [0.05, 0.1) is 18.3 Å². The Morgan fingerprint density at radius 3 is 2.90 bits per heavy atom. The molecule has 1 atom stereocenters. The van der Waals surface area contributed by atoms with Crippen LogP contribution in [0.15, 0.2) is 21.2 Å². The predicted octanol–water partition coefficient (Wildman–Crippen LogP) is 2.06. The molecule has 1 aliphatic rings. The third-order valence-corrected chi connectivity index (χ3v) is 3.59.